The van der Waals surface area contributed by atoms with Crippen molar-refractivity contribution in [3.8, 4) is 11.1 Å². The third kappa shape index (κ3) is 3.79. The Bertz CT molecular complexity index is 805. The monoisotopic (exact) mass is 342 g/mol. The second-order valence-corrected chi connectivity index (χ2v) is 6.13. The molecule has 0 N–H and O–H groups in total. The first-order chi connectivity index (χ1) is 12.1. The molecule has 132 valence electrons. The highest BCUT2D eigenvalue weighted by Crippen LogP contribution is 2.23. The van der Waals surface area contributed by atoms with Gasteiger partial charge >= 0.3 is 5.97 Å². The first kappa shape index (κ1) is 17.4. The van der Waals surface area contributed by atoms with E-state index in [9.17, 15) is 9.59 Å². The maximum Gasteiger partial charge on any atom is 0.362 e. The molecule has 1 fully saturated rings. The fourth-order valence-corrected chi connectivity index (χ4v) is 2.92. The smallest absolute Gasteiger partial charge is 0.362 e. The summed E-state index contributed by atoms with van der Waals surface area (Å²) in [6, 6.07) is 7.76. The van der Waals surface area contributed by atoms with E-state index in [4.69, 9.17) is 9.47 Å². The molecule has 1 aliphatic rings. The zero-order chi connectivity index (χ0) is 17.8. The quantitative estimate of drug-likeness (QED) is 0.799. The van der Waals surface area contributed by atoms with Crippen LogP contribution in [-0.2, 0) is 9.47 Å². The second-order valence-electron chi connectivity index (χ2n) is 6.13. The molecule has 1 aromatic carbocycles. The maximum absolute atomic E-state index is 12.8. The number of benzene rings is 1. The van der Waals surface area contributed by atoms with Crippen molar-refractivity contribution in [2.75, 3.05) is 19.8 Å². The highest BCUT2D eigenvalue weighted by atomic mass is 16.5. The first-order valence-electron chi connectivity index (χ1n) is 8.55. The number of hydrogen-bond donors (Lipinski definition) is 0. The van der Waals surface area contributed by atoms with E-state index in [-0.39, 0.29) is 18.3 Å². The molecule has 6 nitrogen and oxygen atoms in total. The summed E-state index contributed by atoms with van der Waals surface area (Å²) in [5, 5.41) is 4.29. The van der Waals surface area contributed by atoms with Crippen LogP contribution < -0.4 is 5.43 Å². The number of carbonyl (C=O) groups excluding carboxylic acids is 1. The van der Waals surface area contributed by atoms with Crippen molar-refractivity contribution in [3.05, 3.63) is 51.9 Å². The van der Waals surface area contributed by atoms with Crippen molar-refractivity contribution in [3.63, 3.8) is 0 Å². The topological polar surface area (TPSA) is 70.4 Å². The standard InChI is InChI=1S/C19H22N2O4/c1-3-25-19(23)17-18(22)16(14-6-4-13(2)5-7-14)12-21(20-17)15-8-10-24-11-9-15/h4-7,12,15H,3,8-11H2,1-2H3. The SMILES string of the molecule is CCOC(=O)c1nn(C2CCOCC2)cc(-c2ccc(C)cc2)c1=O. The highest BCUT2D eigenvalue weighted by Gasteiger charge is 2.23. The van der Waals surface area contributed by atoms with Crippen LogP contribution in [0.1, 0.15) is 41.9 Å². The summed E-state index contributed by atoms with van der Waals surface area (Å²) in [7, 11) is 0. The summed E-state index contributed by atoms with van der Waals surface area (Å²) in [4.78, 5) is 25.0. The van der Waals surface area contributed by atoms with Crippen molar-refractivity contribution >= 4 is 5.97 Å². The fraction of sp³-hybridized carbons (Fsp3) is 0.421. The van der Waals surface area contributed by atoms with E-state index in [1.165, 1.54) is 0 Å². The Hall–Kier alpha value is -2.47. The molecule has 1 aromatic heterocycles. The van der Waals surface area contributed by atoms with E-state index in [1.54, 1.807) is 17.8 Å². The van der Waals surface area contributed by atoms with Crippen LogP contribution in [0.15, 0.2) is 35.3 Å². The van der Waals surface area contributed by atoms with Gasteiger partial charge in [-0.05, 0) is 32.3 Å². The van der Waals surface area contributed by atoms with E-state index in [0.717, 1.165) is 24.0 Å². The van der Waals surface area contributed by atoms with Crippen molar-refractivity contribution in [1.82, 2.24) is 9.78 Å². The van der Waals surface area contributed by atoms with Crippen LogP contribution in [0.3, 0.4) is 0 Å². The minimum atomic E-state index is -0.678. The normalized spacial score (nSPS) is 15.1. The van der Waals surface area contributed by atoms with Crippen LogP contribution in [0.4, 0.5) is 0 Å². The Morgan fingerprint density at radius 3 is 2.60 bits per heavy atom. The van der Waals surface area contributed by atoms with Gasteiger partial charge in [-0.15, -0.1) is 0 Å². The van der Waals surface area contributed by atoms with Gasteiger partial charge in [-0.1, -0.05) is 29.8 Å². The Balaban J connectivity index is 2.11. The van der Waals surface area contributed by atoms with Crippen LogP contribution >= 0.6 is 0 Å². The predicted molar refractivity (Wildman–Crippen MR) is 93.7 cm³/mol. The van der Waals surface area contributed by atoms with E-state index in [2.05, 4.69) is 5.10 Å². The Morgan fingerprint density at radius 1 is 1.28 bits per heavy atom. The van der Waals surface area contributed by atoms with E-state index < -0.39 is 11.4 Å². The molecular weight excluding hydrogens is 320 g/mol. The van der Waals surface area contributed by atoms with Gasteiger partial charge in [0.05, 0.1) is 12.6 Å². The largest absolute Gasteiger partial charge is 0.461 e. The lowest BCUT2D eigenvalue weighted by Gasteiger charge is -2.24. The van der Waals surface area contributed by atoms with Crippen LogP contribution in [0.2, 0.25) is 0 Å². The zero-order valence-corrected chi connectivity index (χ0v) is 14.5. The number of esters is 1. The number of aromatic nitrogens is 2. The van der Waals surface area contributed by atoms with Gasteiger partial charge in [-0.3, -0.25) is 9.48 Å². The molecule has 0 unspecified atom stereocenters. The molecule has 0 amide bonds. The average molecular weight is 342 g/mol. The molecule has 0 atom stereocenters. The fourth-order valence-electron chi connectivity index (χ4n) is 2.92. The maximum atomic E-state index is 12.8. The van der Waals surface area contributed by atoms with Crippen LogP contribution in [0.5, 0.6) is 0 Å². The lowest BCUT2D eigenvalue weighted by Crippen LogP contribution is -2.29. The number of rotatable bonds is 4. The third-order valence-corrected chi connectivity index (χ3v) is 4.33. The molecule has 0 aliphatic carbocycles. The minimum Gasteiger partial charge on any atom is -0.461 e. The Morgan fingerprint density at radius 2 is 1.96 bits per heavy atom. The minimum absolute atomic E-state index is 0.103. The summed E-state index contributed by atoms with van der Waals surface area (Å²) in [5.74, 6) is -0.678. The van der Waals surface area contributed by atoms with Crippen molar-refractivity contribution in [1.29, 1.82) is 0 Å². The number of ether oxygens (including phenoxy) is 2. The van der Waals surface area contributed by atoms with Gasteiger partial charge in [0.15, 0.2) is 0 Å². The van der Waals surface area contributed by atoms with E-state index in [1.807, 2.05) is 31.2 Å². The summed E-state index contributed by atoms with van der Waals surface area (Å²) in [5.41, 5.74) is 1.78. The van der Waals surface area contributed by atoms with Crippen molar-refractivity contribution < 1.29 is 14.3 Å². The average Bonchev–Trinajstić information content (AvgIpc) is 2.63. The van der Waals surface area contributed by atoms with E-state index in [0.29, 0.717) is 18.8 Å². The first-order valence-corrected chi connectivity index (χ1v) is 8.55. The molecule has 1 saturated heterocycles. The van der Waals surface area contributed by atoms with Gasteiger partial charge in [0.2, 0.25) is 11.1 Å². The molecule has 25 heavy (non-hydrogen) atoms. The molecule has 0 saturated carbocycles. The molecule has 1 aliphatic heterocycles. The predicted octanol–water partition coefficient (Wildman–Crippen LogP) is 2.75. The van der Waals surface area contributed by atoms with Crippen LogP contribution in [0, 0.1) is 6.92 Å². The second kappa shape index (κ2) is 7.61. The molecule has 0 spiro atoms. The zero-order valence-electron chi connectivity index (χ0n) is 14.5. The number of carbonyl (C=O) groups is 1. The molecule has 3 rings (SSSR count). The van der Waals surface area contributed by atoms with Gasteiger partial charge in [-0.25, -0.2) is 4.79 Å². The van der Waals surface area contributed by atoms with Crippen LogP contribution in [0.25, 0.3) is 11.1 Å². The molecule has 0 bridgehead atoms. The summed E-state index contributed by atoms with van der Waals surface area (Å²) >= 11 is 0. The number of nitrogens with zero attached hydrogens (tertiary/aromatic N) is 2. The number of aryl methyl sites for hydroxylation is 1. The van der Waals surface area contributed by atoms with Gasteiger partial charge in [0, 0.05) is 25.0 Å². The highest BCUT2D eigenvalue weighted by molar-refractivity contribution is 5.88. The molecule has 2 aromatic rings. The lowest BCUT2D eigenvalue weighted by molar-refractivity contribution is 0.0505. The number of hydrogen-bond acceptors (Lipinski definition) is 5. The van der Waals surface area contributed by atoms with Crippen molar-refractivity contribution in [2.24, 2.45) is 0 Å². The van der Waals surface area contributed by atoms with Gasteiger partial charge in [0.1, 0.15) is 0 Å². The summed E-state index contributed by atoms with van der Waals surface area (Å²) in [6.45, 7) is 5.19. The van der Waals surface area contributed by atoms with Gasteiger partial charge < -0.3 is 9.47 Å². The Labute approximate surface area is 146 Å². The molecule has 2 heterocycles. The third-order valence-electron chi connectivity index (χ3n) is 4.33. The van der Waals surface area contributed by atoms with Crippen LogP contribution in [-0.4, -0.2) is 35.6 Å². The molecule has 0 radical (unpaired) electrons. The lowest BCUT2D eigenvalue weighted by atomic mass is 10.0. The summed E-state index contributed by atoms with van der Waals surface area (Å²) < 4.78 is 12.1. The molecule has 6 heteroatoms. The van der Waals surface area contributed by atoms with Gasteiger partial charge in [0.25, 0.3) is 0 Å². The molecular formula is C19H22N2O4. The Kier molecular flexibility index (Phi) is 5.28. The van der Waals surface area contributed by atoms with E-state index >= 15 is 0 Å². The van der Waals surface area contributed by atoms with Gasteiger partial charge in [-0.2, -0.15) is 5.10 Å². The van der Waals surface area contributed by atoms with Crippen molar-refractivity contribution in [2.45, 2.75) is 32.7 Å². The summed E-state index contributed by atoms with van der Waals surface area (Å²) in [6.07, 6.45) is 3.34.